The van der Waals surface area contributed by atoms with E-state index in [2.05, 4.69) is 4.72 Å². The average molecular weight is 386 g/mol. The van der Waals surface area contributed by atoms with Crippen LogP contribution in [0.3, 0.4) is 0 Å². The zero-order chi connectivity index (χ0) is 18.6. The van der Waals surface area contributed by atoms with E-state index in [9.17, 15) is 8.42 Å². The highest BCUT2D eigenvalue weighted by Gasteiger charge is 2.16. The summed E-state index contributed by atoms with van der Waals surface area (Å²) in [6.07, 6.45) is 0. The number of nitrogens with one attached hydrogen (secondary N) is 1. The molecule has 0 atom stereocenters. The summed E-state index contributed by atoms with van der Waals surface area (Å²) in [5.74, 6) is 0.780. The molecule has 1 N–H and O–H groups in total. The molecule has 0 saturated heterocycles. The molecule has 0 aliphatic rings. The van der Waals surface area contributed by atoms with Gasteiger partial charge in [0.2, 0.25) is 0 Å². The highest BCUT2D eigenvalue weighted by atomic mass is 32.2. The Hall–Kier alpha value is -2.44. The van der Waals surface area contributed by atoms with E-state index < -0.39 is 10.0 Å². The summed E-state index contributed by atoms with van der Waals surface area (Å²) in [5.41, 5.74) is 1.56. The van der Waals surface area contributed by atoms with Crippen molar-refractivity contribution in [3.05, 3.63) is 78.4 Å². The molecule has 0 saturated carbocycles. The Kier molecular flexibility index (Phi) is 5.54. The van der Waals surface area contributed by atoms with Crippen LogP contribution in [0.2, 0.25) is 0 Å². The molecule has 3 aromatic rings. The second kappa shape index (κ2) is 7.85. The lowest BCUT2D eigenvalue weighted by molar-refractivity contribution is 0.414. The fourth-order valence-electron chi connectivity index (χ4n) is 2.33. The Morgan fingerprint density at radius 1 is 0.885 bits per heavy atom. The van der Waals surface area contributed by atoms with Gasteiger partial charge in [-0.05, 0) is 55.5 Å². The number of aryl methyl sites for hydroxylation is 1. The van der Waals surface area contributed by atoms with Gasteiger partial charge in [0, 0.05) is 9.79 Å². The summed E-state index contributed by atoms with van der Waals surface area (Å²) in [5, 5.41) is 0. The topological polar surface area (TPSA) is 55.4 Å². The number of hydrogen-bond acceptors (Lipinski definition) is 4. The minimum Gasteiger partial charge on any atom is -0.497 e. The largest absolute Gasteiger partial charge is 0.497 e. The van der Waals surface area contributed by atoms with E-state index in [1.165, 1.54) is 11.8 Å². The summed E-state index contributed by atoms with van der Waals surface area (Å²) < 4.78 is 33.2. The summed E-state index contributed by atoms with van der Waals surface area (Å²) in [6.45, 7) is 1.92. The summed E-state index contributed by atoms with van der Waals surface area (Å²) >= 11 is 1.49. The minimum atomic E-state index is -3.64. The molecular formula is C20H19NO3S2. The molecule has 3 rings (SSSR count). The first-order chi connectivity index (χ1) is 12.5. The van der Waals surface area contributed by atoms with Crippen LogP contribution in [0.25, 0.3) is 0 Å². The highest BCUT2D eigenvalue weighted by Crippen LogP contribution is 2.35. The minimum absolute atomic E-state index is 0.243. The molecule has 0 fully saturated rings. The number of benzene rings is 3. The van der Waals surface area contributed by atoms with E-state index in [1.54, 1.807) is 37.4 Å². The summed E-state index contributed by atoms with van der Waals surface area (Å²) in [6, 6.07) is 21.8. The zero-order valence-corrected chi connectivity index (χ0v) is 16.1. The van der Waals surface area contributed by atoms with Crippen LogP contribution in [0, 0.1) is 6.92 Å². The number of ether oxygens (including phenoxy) is 1. The Labute approximate surface area is 158 Å². The molecule has 0 unspecified atom stereocenters. The van der Waals surface area contributed by atoms with Gasteiger partial charge in [-0.25, -0.2) is 8.42 Å². The molecule has 0 aliphatic carbocycles. The monoisotopic (exact) mass is 385 g/mol. The van der Waals surface area contributed by atoms with Gasteiger partial charge in [0.25, 0.3) is 10.0 Å². The van der Waals surface area contributed by atoms with E-state index >= 15 is 0 Å². The Balaban J connectivity index is 1.85. The Morgan fingerprint density at radius 2 is 1.54 bits per heavy atom. The van der Waals surface area contributed by atoms with Gasteiger partial charge >= 0.3 is 0 Å². The maximum Gasteiger partial charge on any atom is 0.261 e. The first-order valence-electron chi connectivity index (χ1n) is 7.98. The van der Waals surface area contributed by atoms with Crippen molar-refractivity contribution in [2.75, 3.05) is 11.8 Å². The van der Waals surface area contributed by atoms with Crippen molar-refractivity contribution in [3.63, 3.8) is 0 Å². The van der Waals surface area contributed by atoms with Crippen LogP contribution < -0.4 is 9.46 Å². The second-order valence-corrected chi connectivity index (χ2v) is 8.49. The third-order valence-electron chi connectivity index (χ3n) is 3.75. The first-order valence-corrected chi connectivity index (χ1v) is 10.3. The normalized spacial score (nSPS) is 11.2. The molecule has 0 spiro atoms. The molecule has 0 amide bonds. The molecule has 0 bridgehead atoms. The Morgan fingerprint density at radius 3 is 2.19 bits per heavy atom. The van der Waals surface area contributed by atoms with Gasteiger partial charge in [0.05, 0.1) is 17.7 Å². The SMILES string of the molecule is COc1ccc(Sc2ccccc2NS(=O)(=O)c2ccc(C)cc2)cc1. The number of anilines is 1. The molecule has 6 heteroatoms. The van der Waals surface area contributed by atoms with E-state index in [-0.39, 0.29) is 4.90 Å². The van der Waals surface area contributed by atoms with E-state index in [0.717, 1.165) is 21.1 Å². The fourth-order valence-corrected chi connectivity index (χ4v) is 4.38. The maximum atomic E-state index is 12.7. The molecule has 3 aromatic carbocycles. The van der Waals surface area contributed by atoms with Gasteiger partial charge in [-0.3, -0.25) is 4.72 Å². The second-order valence-electron chi connectivity index (χ2n) is 5.69. The van der Waals surface area contributed by atoms with Crippen LogP contribution >= 0.6 is 11.8 Å². The zero-order valence-electron chi connectivity index (χ0n) is 14.5. The van der Waals surface area contributed by atoms with E-state index in [4.69, 9.17) is 4.74 Å². The number of sulfonamides is 1. The van der Waals surface area contributed by atoms with Crippen LogP contribution in [-0.4, -0.2) is 15.5 Å². The van der Waals surface area contributed by atoms with Crippen LogP contribution in [0.5, 0.6) is 5.75 Å². The van der Waals surface area contributed by atoms with Crippen LogP contribution in [0.4, 0.5) is 5.69 Å². The lowest BCUT2D eigenvalue weighted by Gasteiger charge is -2.12. The lowest BCUT2D eigenvalue weighted by atomic mass is 10.2. The molecule has 0 aliphatic heterocycles. The van der Waals surface area contributed by atoms with Crippen molar-refractivity contribution in [2.45, 2.75) is 21.6 Å². The maximum absolute atomic E-state index is 12.7. The van der Waals surface area contributed by atoms with Crippen molar-refractivity contribution in [2.24, 2.45) is 0 Å². The lowest BCUT2D eigenvalue weighted by Crippen LogP contribution is -2.13. The molecule has 0 aromatic heterocycles. The standard InChI is InChI=1S/C20H19NO3S2/c1-15-7-13-18(14-8-15)26(22,23)21-19-5-3-4-6-20(19)25-17-11-9-16(24-2)10-12-17/h3-14,21H,1-2H3. The van der Waals surface area contributed by atoms with Crippen molar-refractivity contribution in [1.29, 1.82) is 0 Å². The third kappa shape index (κ3) is 4.39. The summed E-state index contributed by atoms with van der Waals surface area (Å²) in [4.78, 5) is 2.06. The quantitative estimate of drug-likeness (QED) is 0.652. The van der Waals surface area contributed by atoms with Crippen LogP contribution in [-0.2, 0) is 10.0 Å². The number of rotatable bonds is 6. The molecule has 0 heterocycles. The van der Waals surface area contributed by atoms with Crippen molar-refractivity contribution in [1.82, 2.24) is 0 Å². The molecule has 0 radical (unpaired) electrons. The molecular weight excluding hydrogens is 366 g/mol. The van der Waals surface area contributed by atoms with Gasteiger partial charge in [-0.15, -0.1) is 0 Å². The average Bonchev–Trinajstić information content (AvgIpc) is 2.64. The molecule has 4 nitrogen and oxygen atoms in total. The number of hydrogen-bond donors (Lipinski definition) is 1. The van der Waals surface area contributed by atoms with Gasteiger partial charge in [0.1, 0.15) is 5.75 Å². The van der Waals surface area contributed by atoms with Crippen LogP contribution in [0.1, 0.15) is 5.56 Å². The van der Waals surface area contributed by atoms with E-state index in [1.807, 2.05) is 49.4 Å². The summed E-state index contributed by atoms with van der Waals surface area (Å²) in [7, 11) is -2.02. The third-order valence-corrected chi connectivity index (χ3v) is 6.22. The van der Waals surface area contributed by atoms with E-state index in [0.29, 0.717) is 5.69 Å². The smallest absolute Gasteiger partial charge is 0.261 e. The van der Waals surface area contributed by atoms with Crippen molar-refractivity contribution >= 4 is 27.5 Å². The van der Waals surface area contributed by atoms with Gasteiger partial charge in [-0.1, -0.05) is 41.6 Å². The Bertz CT molecular complexity index is 982. The molecule has 26 heavy (non-hydrogen) atoms. The molecule has 134 valence electrons. The van der Waals surface area contributed by atoms with Crippen LogP contribution in [0.15, 0.2) is 87.5 Å². The predicted molar refractivity (Wildman–Crippen MR) is 106 cm³/mol. The fraction of sp³-hybridized carbons (Fsp3) is 0.100. The number of methoxy groups -OCH3 is 1. The van der Waals surface area contributed by atoms with Crippen molar-refractivity contribution in [3.8, 4) is 5.75 Å². The number of para-hydroxylation sites is 1. The van der Waals surface area contributed by atoms with Gasteiger partial charge in [-0.2, -0.15) is 0 Å². The predicted octanol–water partition coefficient (Wildman–Crippen LogP) is 4.96. The highest BCUT2D eigenvalue weighted by molar-refractivity contribution is 7.99. The van der Waals surface area contributed by atoms with Gasteiger partial charge in [0.15, 0.2) is 0 Å². The first kappa shape index (κ1) is 18.4. The van der Waals surface area contributed by atoms with Crippen molar-refractivity contribution < 1.29 is 13.2 Å². The van der Waals surface area contributed by atoms with Gasteiger partial charge < -0.3 is 4.74 Å².